The van der Waals surface area contributed by atoms with Gasteiger partial charge in [-0.15, -0.1) is 0 Å². The minimum atomic E-state index is -0.478. The Morgan fingerprint density at radius 1 is 1.20 bits per heavy atom. The molecule has 1 unspecified atom stereocenters. The van der Waals surface area contributed by atoms with Gasteiger partial charge < -0.3 is 15.2 Å². The molecule has 6 nitrogen and oxygen atoms in total. The van der Waals surface area contributed by atoms with Gasteiger partial charge in [0.2, 0.25) is 0 Å². The van der Waals surface area contributed by atoms with Crippen LogP contribution in [0.1, 0.15) is 24.4 Å². The van der Waals surface area contributed by atoms with Gasteiger partial charge in [0.1, 0.15) is 5.82 Å². The lowest BCUT2D eigenvalue weighted by molar-refractivity contribution is 0.310. The second kappa shape index (κ2) is 7.55. The highest BCUT2D eigenvalue weighted by Gasteiger charge is 2.18. The van der Waals surface area contributed by atoms with E-state index in [-0.39, 0.29) is 0 Å². The average molecular weight is 359 g/mol. The first-order valence-corrected chi connectivity index (χ1v) is 8.25. The van der Waals surface area contributed by atoms with Crippen molar-refractivity contribution < 1.29 is 9.47 Å². The Morgan fingerprint density at radius 3 is 2.72 bits per heavy atom. The molecule has 0 fully saturated rings. The van der Waals surface area contributed by atoms with Crippen LogP contribution in [0.25, 0.3) is 11.4 Å². The van der Waals surface area contributed by atoms with Crippen LogP contribution >= 0.6 is 11.6 Å². The van der Waals surface area contributed by atoms with Gasteiger partial charge >= 0.3 is 0 Å². The van der Waals surface area contributed by atoms with E-state index in [2.05, 4.69) is 15.2 Å². The Kier molecular flexibility index (Phi) is 5.21. The van der Waals surface area contributed by atoms with Crippen molar-refractivity contribution in [1.29, 1.82) is 0 Å². The highest BCUT2D eigenvalue weighted by molar-refractivity contribution is 6.33. The fraction of sp³-hybridized carbons (Fsp3) is 0.222. The van der Waals surface area contributed by atoms with Gasteiger partial charge in [0.05, 0.1) is 24.8 Å². The van der Waals surface area contributed by atoms with Crippen LogP contribution in [0.5, 0.6) is 11.5 Å². The number of H-pyrrole nitrogens is 1. The number of aromatic amines is 1. The molecule has 130 valence electrons. The molecule has 0 aliphatic rings. The summed E-state index contributed by atoms with van der Waals surface area (Å²) in [6.45, 7) is 2.45. The molecule has 0 aliphatic heterocycles. The van der Waals surface area contributed by atoms with Crippen molar-refractivity contribution >= 4 is 11.6 Å². The van der Waals surface area contributed by atoms with Gasteiger partial charge in [0.25, 0.3) is 0 Å². The van der Waals surface area contributed by atoms with Crippen LogP contribution in [0.2, 0.25) is 5.02 Å². The normalized spacial score (nSPS) is 12.0. The van der Waals surface area contributed by atoms with Crippen LogP contribution in [-0.4, -0.2) is 28.9 Å². The van der Waals surface area contributed by atoms with Crippen molar-refractivity contribution in [3.63, 3.8) is 0 Å². The average Bonchev–Trinajstić information content (AvgIpc) is 3.11. The Morgan fingerprint density at radius 2 is 2.00 bits per heavy atom. The van der Waals surface area contributed by atoms with Gasteiger partial charge in [-0.1, -0.05) is 29.8 Å². The Balaban J connectivity index is 1.90. The highest BCUT2D eigenvalue weighted by atomic mass is 35.5. The molecular weight excluding hydrogens is 340 g/mol. The number of ether oxygens (including phenoxy) is 2. The molecule has 1 atom stereocenters. The molecule has 0 bridgehead atoms. The van der Waals surface area contributed by atoms with E-state index < -0.39 is 6.04 Å². The highest BCUT2D eigenvalue weighted by Crippen LogP contribution is 2.31. The Bertz CT molecular complexity index is 866. The molecule has 0 saturated heterocycles. The molecule has 3 aromatic rings. The van der Waals surface area contributed by atoms with E-state index >= 15 is 0 Å². The first-order chi connectivity index (χ1) is 12.1. The minimum Gasteiger partial charge on any atom is -0.493 e. The van der Waals surface area contributed by atoms with Crippen molar-refractivity contribution in [2.45, 2.75) is 13.0 Å². The molecule has 3 rings (SSSR count). The first-order valence-electron chi connectivity index (χ1n) is 7.87. The number of nitrogens with two attached hydrogens (primary N) is 1. The van der Waals surface area contributed by atoms with Crippen molar-refractivity contribution in [2.75, 3.05) is 13.7 Å². The van der Waals surface area contributed by atoms with E-state index in [1.54, 1.807) is 13.2 Å². The van der Waals surface area contributed by atoms with E-state index in [1.165, 1.54) is 0 Å². The largest absolute Gasteiger partial charge is 0.493 e. The number of nitrogens with zero attached hydrogens (tertiary/aromatic N) is 2. The second-order valence-corrected chi connectivity index (χ2v) is 5.75. The van der Waals surface area contributed by atoms with Crippen molar-refractivity contribution in [3.05, 3.63) is 58.9 Å². The Hall–Kier alpha value is -2.57. The van der Waals surface area contributed by atoms with E-state index in [4.69, 9.17) is 26.8 Å². The molecule has 0 spiro atoms. The summed E-state index contributed by atoms with van der Waals surface area (Å²) in [4.78, 5) is 4.49. The first kappa shape index (κ1) is 17.3. The molecule has 7 heteroatoms. The summed E-state index contributed by atoms with van der Waals surface area (Å²) in [5.74, 6) is 2.35. The predicted molar refractivity (Wildman–Crippen MR) is 97.0 cm³/mol. The zero-order valence-electron chi connectivity index (χ0n) is 14.0. The zero-order chi connectivity index (χ0) is 17.8. The molecule has 25 heavy (non-hydrogen) atoms. The van der Waals surface area contributed by atoms with Gasteiger partial charge in [-0.2, -0.15) is 5.10 Å². The van der Waals surface area contributed by atoms with Crippen LogP contribution in [0.15, 0.2) is 42.5 Å². The van der Waals surface area contributed by atoms with Gasteiger partial charge in [0, 0.05) is 5.56 Å². The van der Waals surface area contributed by atoms with E-state index in [9.17, 15) is 0 Å². The van der Waals surface area contributed by atoms with Crippen LogP contribution < -0.4 is 15.2 Å². The molecule has 0 aliphatic carbocycles. The van der Waals surface area contributed by atoms with Crippen molar-refractivity contribution in [2.24, 2.45) is 5.73 Å². The number of benzene rings is 2. The summed E-state index contributed by atoms with van der Waals surface area (Å²) in [7, 11) is 1.60. The number of hydrogen-bond acceptors (Lipinski definition) is 5. The van der Waals surface area contributed by atoms with Crippen molar-refractivity contribution in [3.8, 4) is 22.9 Å². The molecule has 2 aromatic carbocycles. The number of methoxy groups -OCH3 is 1. The quantitative estimate of drug-likeness (QED) is 0.703. The summed E-state index contributed by atoms with van der Waals surface area (Å²) in [5, 5.41) is 7.71. The number of hydrogen-bond donors (Lipinski definition) is 2. The summed E-state index contributed by atoms with van der Waals surface area (Å²) in [5.41, 5.74) is 7.93. The third kappa shape index (κ3) is 3.60. The number of halogens is 1. The summed E-state index contributed by atoms with van der Waals surface area (Å²) < 4.78 is 10.9. The fourth-order valence-electron chi connectivity index (χ4n) is 2.49. The smallest absolute Gasteiger partial charge is 0.182 e. The van der Waals surface area contributed by atoms with Crippen LogP contribution in [0.3, 0.4) is 0 Å². The molecule has 0 radical (unpaired) electrons. The summed E-state index contributed by atoms with van der Waals surface area (Å²) >= 11 is 6.20. The maximum Gasteiger partial charge on any atom is 0.182 e. The molecule has 0 amide bonds. The number of rotatable bonds is 6. The van der Waals surface area contributed by atoms with Crippen molar-refractivity contribution in [1.82, 2.24) is 15.2 Å². The second-order valence-electron chi connectivity index (χ2n) is 5.35. The standard InChI is InChI=1S/C18H19ClN4O2/c1-3-25-15-10-11(8-9-14(15)24-2)16(20)18-21-17(22-23-18)12-6-4-5-7-13(12)19/h4-10,16H,3,20H2,1-2H3,(H,21,22,23). The van der Waals surface area contributed by atoms with Gasteiger partial charge in [-0.3, -0.25) is 5.10 Å². The zero-order valence-corrected chi connectivity index (χ0v) is 14.7. The van der Waals surface area contributed by atoms with Gasteiger partial charge in [-0.05, 0) is 36.8 Å². The predicted octanol–water partition coefficient (Wildman–Crippen LogP) is 3.58. The molecule has 1 heterocycles. The maximum absolute atomic E-state index is 6.34. The number of nitrogens with one attached hydrogen (secondary N) is 1. The lowest BCUT2D eigenvalue weighted by Gasteiger charge is -2.14. The third-order valence-corrected chi connectivity index (χ3v) is 4.09. The monoisotopic (exact) mass is 358 g/mol. The minimum absolute atomic E-state index is 0.478. The number of aromatic nitrogens is 3. The SMILES string of the molecule is CCOc1cc(C(N)c2nc(-c3ccccc3Cl)n[nH]2)ccc1OC. The topological polar surface area (TPSA) is 86.0 Å². The summed E-state index contributed by atoms with van der Waals surface area (Å²) in [6.07, 6.45) is 0. The molecular formula is C18H19ClN4O2. The van der Waals surface area contributed by atoms with Gasteiger partial charge in [-0.25, -0.2) is 4.98 Å². The van der Waals surface area contributed by atoms with Crippen LogP contribution in [0, 0.1) is 0 Å². The Labute approximate surface area is 150 Å². The van der Waals surface area contributed by atoms with Gasteiger partial charge in [0.15, 0.2) is 17.3 Å². The van der Waals surface area contributed by atoms with E-state index in [1.807, 2.05) is 43.3 Å². The van der Waals surface area contributed by atoms with Crippen LogP contribution in [-0.2, 0) is 0 Å². The lowest BCUT2D eigenvalue weighted by atomic mass is 10.1. The molecule has 0 saturated carbocycles. The lowest BCUT2D eigenvalue weighted by Crippen LogP contribution is -2.14. The molecule has 3 N–H and O–H groups in total. The third-order valence-electron chi connectivity index (χ3n) is 3.76. The van der Waals surface area contributed by atoms with E-state index in [0.29, 0.717) is 34.8 Å². The summed E-state index contributed by atoms with van der Waals surface area (Å²) in [6, 6.07) is 12.5. The van der Waals surface area contributed by atoms with E-state index in [0.717, 1.165) is 11.1 Å². The molecule has 1 aromatic heterocycles. The van der Waals surface area contributed by atoms with Crippen LogP contribution in [0.4, 0.5) is 0 Å². The fourth-order valence-corrected chi connectivity index (χ4v) is 2.71. The maximum atomic E-state index is 6.34.